The zero-order valence-corrected chi connectivity index (χ0v) is 27.2. The standard InChI is InChI=1S/C31H31F3N8O6S/c1-31(2)26-20(15-42(31)49(47,48)18-12-16(32)11-17(33)13-18)28(38-37-26)36-29(44)23-19(27(35)43)14-22(40-9-7-39(3)8-10-40)25(24(23)34)41-6-4-5-21(41)30(45)46/h4-6,11-14H,7-10,15H2,1-3H3,(H2,35,43)(H,45,46)(H2,36,37,38,44). The zero-order valence-electron chi connectivity index (χ0n) is 26.4. The number of carboxylic acid groups (broad SMARTS) is 1. The van der Waals surface area contributed by atoms with Gasteiger partial charge in [0.25, 0.3) is 5.91 Å². The molecule has 4 aromatic rings. The SMILES string of the molecule is CN1CCN(c2cc(C(N)=O)c(C(=O)Nc3n[nH]c4c3CN(S(=O)(=O)c3cc(F)cc(F)c3)C4(C)C)c(F)c2-n2cccc2C(=O)O)CC1. The highest BCUT2D eigenvalue weighted by Gasteiger charge is 2.48. The molecule has 0 unspecified atom stereocenters. The molecule has 0 spiro atoms. The lowest BCUT2D eigenvalue weighted by Gasteiger charge is -2.36. The summed E-state index contributed by atoms with van der Waals surface area (Å²) in [7, 11) is -2.60. The van der Waals surface area contributed by atoms with Gasteiger partial charge in [0.05, 0.1) is 32.9 Å². The Kier molecular flexibility index (Phi) is 8.28. The molecule has 2 aliphatic heterocycles. The highest BCUT2D eigenvalue weighted by molar-refractivity contribution is 7.89. The molecule has 2 aromatic carbocycles. The van der Waals surface area contributed by atoms with Gasteiger partial charge in [0.2, 0.25) is 15.9 Å². The lowest BCUT2D eigenvalue weighted by atomic mass is 10.0. The number of amides is 2. The summed E-state index contributed by atoms with van der Waals surface area (Å²) in [5, 5.41) is 19.1. The van der Waals surface area contributed by atoms with E-state index >= 15 is 4.39 Å². The van der Waals surface area contributed by atoms with Crippen molar-refractivity contribution in [3.8, 4) is 5.69 Å². The van der Waals surface area contributed by atoms with E-state index in [1.807, 2.05) is 11.9 Å². The number of aromatic amines is 1. The van der Waals surface area contributed by atoms with Crippen LogP contribution in [0.4, 0.5) is 24.7 Å². The van der Waals surface area contributed by atoms with E-state index in [-0.39, 0.29) is 34.1 Å². The Balaban J connectivity index is 1.42. The lowest BCUT2D eigenvalue weighted by molar-refractivity contribution is 0.0687. The highest BCUT2D eigenvalue weighted by atomic mass is 32.2. The number of hydrogen-bond acceptors (Lipinski definition) is 8. The number of carbonyl (C=O) groups is 3. The molecule has 1 fully saturated rings. The fourth-order valence-electron chi connectivity index (χ4n) is 6.27. The van der Waals surface area contributed by atoms with Crippen molar-refractivity contribution in [2.75, 3.05) is 43.4 Å². The number of nitrogens with one attached hydrogen (secondary N) is 2. The molecule has 2 aliphatic rings. The smallest absolute Gasteiger partial charge is 0.352 e. The fraction of sp³-hybridized carbons (Fsp3) is 0.290. The number of primary amides is 1. The summed E-state index contributed by atoms with van der Waals surface area (Å²) >= 11 is 0. The molecular weight excluding hydrogens is 669 g/mol. The normalized spacial score (nSPS) is 16.5. The summed E-state index contributed by atoms with van der Waals surface area (Å²) in [5.41, 5.74) is 3.00. The van der Waals surface area contributed by atoms with E-state index in [0.717, 1.165) is 8.87 Å². The van der Waals surface area contributed by atoms with Crippen LogP contribution in [0.25, 0.3) is 5.69 Å². The number of piperazine rings is 1. The van der Waals surface area contributed by atoms with Crippen LogP contribution >= 0.6 is 0 Å². The predicted octanol–water partition coefficient (Wildman–Crippen LogP) is 2.86. The maximum Gasteiger partial charge on any atom is 0.352 e. The number of aromatic nitrogens is 3. The van der Waals surface area contributed by atoms with Crippen molar-refractivity contribution in [2.24, 2.45) is 5.73 Å². The maximum absolute atomic E-state index is 16.8. The van der Waals surface area contributed by atoms with Crippen LogP contribution in [-0.2, 0) is 22.1 Å². The Labute approximate surface area is 277 Å². The van der Waals surface area contributed by atoms with E-state index in [4.69, 9.17) is 5.73 Å². The number of nitrogens with two attached hydrogens (primary N) is 1. The molecule has 0 atom stereocenters. The van der Waals surface area contributed by atoms with Gasteiger partial charge in [-0.3, -0.25) is 14.7 Å². The Morgan fingerprint density at radius 2 is 1.69 bits per heavy atom. The molecule has 258 valence electrons. The minimum absolute atomic E-state index is 0.145. The zero-order chi connectivity index (χ0) is 35.6. The minimum atomic E-state index is -4.50. The van der Waals surface area contributed by atoms with Gasteiger partial charge in [0.15, 0.2) is 11.6 Å². The van der Waals surface area contributed by atoms with Crippen molar-refractivity contribution < 1.29 is 41.1 Å². The highest BCUT2D eigenvalue weighted by Crippen LogP contribution is 2.44. The second-order valence-electron chi connectivity index (χ2n) is 12.3. The Hall–Kier alpha value is -5.20. The first kappa shape index (κ1) is 33.7. The quantitative estimate of drug-likeness (QED) is 0.214. The van der Waals surface area contributed by atoms with Crippen LogP contribution < -0.4 is 16.0 Å². The Morgan fingerprint density at radius 1 is 1.04 bits per heavy atom. The second kappa shape index (κ2) is 12.0. The van der Waals surface area contributed by atoms with Crippen LogP contribution in [0, 0.1) is 17.5 Å². The number of rotatable bonds is 8. The van der Waals surface area contributed by atoms with Crippen molar-refractivity contribution in [3.05, 3.63) is 88.1 Å². The monoisotopic (exact) mass is 700 g/mol. The largest absolute Gasteiger partial charge is 0.477 e. The number of carboxylic acids is 1. The number of halogens is 3. The van der Waals surface area contributed by atoms with Gasteiger partial charge in [0.1, 0.15) is 23.0 Å². The molecule has 2 amide bonds. The van der Waals surface area contributed by atoms with Crippen molar-refractivity contribution in [2.45, 2.75) is 30.8 Å². The van der Waals surface area contributed by atoms with E-state index in [9.17, 15) is 36.7 Å². The predicted molar refractivity (Wildman–Crippen MR) is 170 cm³/mol. The topological polar surface area (TPSA) is 187 Å². The number of nitrogens with zero attached hydrogens (tertiary/aromatic N) is 5. The third-order valence-corrected chi connectivity index (χ3v) is 10.8. The molecular formula is C31H31F3N8O6S. The number of fused-ring (bicyclic) bond motifs is 1. The number of carbonyl (C=O) groups excluding carboxylic acids is 2. The molecule has 6 rings (SSSR count). The van der Waals surface area contributed by atoms with Crippen molar-refractivity contribution in [3.63, 3.8) is 0 Å². The lowest BCUT2D eigenvalue weighted by Crippen LogP contribution is -2.45. The summed E-state index contributed by atoms with van der Waals surface area (Å²) in [4.78, 5) is 41.9. The third-order valence-electron chi connectivity index (χ3n) is 8.83. The third kappa shape index (κ3) is 5.70. The summed E-state index contributed by atoms with van der Waals surface area (Å²) in [6.45, 7) is 4.57. The minimum Gasteiger partial charge on any atom is -0.477 e. The van der Waals surface area contributed by atoms with Gasteiger partial charge in [-0.05, 0) is 51.2 Å². The van der Waals surface area contributed by atoms with Crippen LogP contribution in [0.2, 0.25) is 0 Å². The molecule has 0 saturated carbocycles. The molecule has 4 heterocycles. The van der Waals surface area contributed by atoms with E-state index in [1.54, 1.807) is 4.90 Å². The van der Waals surface area contributed by atoms with Crippen molar-refractivity contribution in [1.82, 2.24) is 24.0 Å². The van der Waals surface area contributed by atoms with Crippen LogP contribution in [0.3, 0.4) is 0 Å². The van der Waals surface area contributed by atoms with E-state index < -0.39 is 73.4 Å². The first-order valence-corrected chi connectivity index (χ1v) is 16.3. The number of benzene rings is 2. The second-order valence-corrected chi connectivity index (χ2v) is 14.1. The fourth-order valence-corrected chi connectivity index (χ4v) is 8.03. The van der Waals surface area contributed by atoms with Crippen LogP contribution in [0.1, 0.15) is 56.3 Å². The summed E-state index contributed by atoms with van der Waals surface area (Å²) < 4.78 is 74.0. The summed E-state index contributed by atoms with van der Waals surface area (Å²) in [5.74, 6) is -7.30. The number of sulfonamides is 1. The molecule has 5 N–H and O–H groups in total. The van der Waals surface area contributed by atoms with Crippen molar-refractivity contribution in [1.29, 1.82) is 0 Å². The van der Waals surface area contributed by atoms with Gasteiger partial charge in [0, 0.05) is 50.6 Å². The molecule has 49 heavy (non-hydrogen) atoms. The number of H-pyrrole nitrogens is 1. The van der Waals surface area contributed by atoms with E-state index in [1.165, 1.54) is 38.2 Å². The van der Waals surface area contributed by atoms with Crippen LogP contribution in [0.5, 0.6) is 0 Å². The Morgan fingerprint density at radius 3 is 2.31 bits per heavy atom. The Bertz CT molecular complexity index is 2120. The van der Waals surface area contributed by atoms with Crippen molar-refractivity contribution >= 4 is 39.3 Å². The van der Waals surface area contributed by atoms with Gasteiger partial charge in [-0.15, -0.1) is 0 Å². The molecule has 18 heteroatoms. The molecule has 2 aromatic heterocycles. The van der Waals surface area contributed by atoms with Gasteiger partial charge < -0.3 is 30.5 Å². The van der Waals surface area contributed by atoms with Gasteiger partial charge in [-0.2, -0.15) is 9.40 Å². The van der Waals surface area contributed by atoms with E-state index in [0.29, 0.717) is 44.4 Å². The van der Waals surface area contributed by atoms with Gasteiger partial charge >= 0.3 is 5.97 Å². The summed E-state index contributed by atoms with van der Waals surface area (Å²) in [6, 6.07) is 5.79. The molecule has 14 nitrogen and oxygen atoms in total. The summed E-state index contributed by atoms with van der Waals surface area (Å²) in [6.07, 6.45) is 1.31. The molecule has 0 aliphatic carbocycles. The van der Waals surface area contributed by atoms with E-state index in [2.05, 4.69) is 15.5 Å². The maximum atomic E-state index is 16.8. The van der Waals surface area contributed by atoms with Crippen LogP contribution in [-0.4, -0.2) is 88.5 Å². The molecule has 1 saturated heterocycles. The first-order valence-electron chi connectivity index (χ1n) is 14.9. The average Bonchev–Trinajstić information content (AvgIpc) is 3.73. The molecule has 0 radical (unpaired) electrons. The number of aromatic carboxylic acids is 1. The average molecular weight is 701 g/mol. The number of likely N-dealkylation sites (N-methyl/N-ethyl adjacent to an activating group) is 1. The first-order chi connectivity index (χ1) is 23.0. The number of hydrogen-bond donors (Lipinski definition) is 4. The number of anilines is 2. The molecule has 0 bridgehead atoms. The van der Waals surface area contributed by atoms with Crippen LogP contribution in [0.15, 0.2) is 47.5 Å². The van der Waals surface area contributed by atoms with Gasteiger partial charge in [-0.25, -0.2) is 26.4 Å². The van der Waals surface area contributed by atoms with Gasteiger partial charge in [-0.1, -0.05) is 0 Å².